The van der Waals surface area contributed by atoms with E-state index in [0.29, 0.717) is 11.5 Å². The normalized spacial score (nSPS) is 16.5. The molecular formula is C22H21NO3S. The first-order valence-electron chi connectivity index (χ1n) is 9.05. The molecule has 5 heteroatoms. The summed E-state index contributed by atoms with van der Waals surface area (Å²) >= 11 is 0. The van der Waals surface area contributed by atoms with Crippen molar-refractivity contribution in [2.75, 3.05) is 0 Å². The van der Waals surface area contributed by atoms with Crippen LogP contribution in [0, 0.1) is 0 Å². The summed E-state index contributed by atoms with van der Waals surface area (Å²) in [6.45, 7) is 0. The van der Waals surface area contributed by atoms with E-state index in [1.54, 1.807) is 24.3 Å². The second-order valence-electron chi connectivity index (χ2n) is 6.65. The number of hydrogen-bond donors (Lipinski definition) is 1. The summed E-state index contributed by atoms with van der Waals surface area (Å²) in [4.78, 5) is 0.242. The number of fused-ring (bicyclic) bond motifs is 1. The SMILES string of the molecule is O=S(=O)(N[C@H]1CCCc2ccccc21)c1ccc(Oc2ccccc2)cc1. The first kappa shape index (κ1) is 17.8. The van der Waals surface area contributed by atoms with Gasteiger partial charge in [-0.15, -0.1) is 0 Å². The van der Waals surface area contributed by atoms with Gasteiger partial charge < -0.3 is 4.74 Å². The number of nitrogens with one attached hydrogen (secondary N) is 1. The van der Waals surface area contributed by atoms with Crippen molar-refractivity contribution in [1.82, 2.24) is 4.72 Å². The molecule has 0 heterocycles. The molecule has 0 radical (unpaired) electrons. The largest absolute Gasteiger partial charge is 0.457 e. The van der Waals surface area contributed by atoms with Gasteiger partial charge in [-0.3, -0.25) is 0 Å². The molecule has 138 valence electrons. The highest BCUT2D eigenvalue weighted by Crippen LogP contribution is 2.31. The van der Waals surface area contributed by atoms with Crippen LogP contribution < -0.4 is 9.46 Å². The van der Waals surface area contributed by atoms with Crippen molar-refractivity contribution in [2.24, 2.45) is 0 Å². The molecule has 0 saturated carbocycles. The standard InChI is InChI=1S/C22H21NO3S/c24-27(25,23-22-12-6-8-17-7-4-5-11-21(17)22)20-15-13-19(14-16-20)26-18-9-2-1-3-10-18/h1-5,7,9-11,13-16,22-23H,6,8,12H2/t22-/m0/s1. The second-order valence-corrected chi connectivity index (χ2v) is 8.37. The highest BCUT2D eigenvalue weighted by Gasteiger charge is 2.25. The van der Waals surface area contributed by atoms with Gasteiger partial charge in [-0.2, -0.15) is 0 Å². The van der Waals surface area contributed by atoms with Gasteiger partial charge in [-0.25, -0.2) is 13.1 Å². The van der Waals surface area contributed by atoms with Crippen molar-refractivity contribution >= 4 is 10.0 Å². The van der Waals surface area contributed by atoms with Crippen molar-refractivity contribution in [1.29, 1.82) is 0 Å². The lowest BCUT2D eigenvalue weighted by Gasteiger charge is -2.26. The molecule has 3 aromatic rings. The van der Waals surface area contributed by atoms with Crippen LogP contribution in [0.25, 0.3) is 0 Å². The fourth-order valence-corrected chi connectivity index (χ4v) is 4.69. The predicted octanol–water partition coefficient (Wildman–Crippen LogP) is 4.83. The summed E-state index contributed by atoms with van der Waals surface area (Å²) in [7, 11) is -3.60. The summed E-state index contributed by atoms with van der Waals surface area (Å²) in [5, 5.41) is 0. The fourth-order valence-electron chi connectivity index (χ4n) is 3.44. The van der Waals surface area contributed by atoms with Crippen LogP contribution in [-0.4, -0.2) is 8.42 Å². The maximum absolute atomic E-state index is 12.8. The van der Waals surface area contributed by atoms with Crippen LogP contribution in [0.2, 0.25) is 0 Å². The van der Waals surface area contributed by atoms with E-state index in [4.69, 9.17) is 4.74 Å². The van der Waals surface area contributed by atoms with Gasteiger partial charge >= 0.3 is 0 Å². The van der Waals surface area contributed by atoms with Crippen molar-refractivity contribution in [3.8, 4) is 11.5 Å². The Balaban J connectivity index is 1.51. The van der Waals surface area contributed by atoms with E-state index in [-0.39, 0.29) is 10.9 Å². The summed E-state index contributed by atoms with van der Waals surface area (Å²) < 4.78 is 34.3. The Morgan fingerprint density at radius 1 is 0.815 bits per heavy atom. The second kappa shape index (κ2) is 7.55. The summed E-state index contributed by atoms with van der Waals surface area (Å²) in [6, 6.07) is 23.8. The lowest BCUT2D eigenvalue weighted by atomic mass is 9.88. The van der Waals surface area contributed by atoms with Gasteiger partial charge in [-0.05, 0) is 66.8 Å². The number of rotatable bonds is 5. The third-order valence-corrected chi connectivity index (χ3v) is 6.27. The maximum Gasteiger partial charge on any atom is 0.241 e. The molecule has 3 aromatic carbocycles. The Labute approximate surface area is 159 Å². The average Bonchev–Trinajstić information content (AvgIpc) is 2.69. The van der Waals surface area contributed by atoms with E-state index in [1.807, 2.05) is 48.5 Å². The number of benzene rings is 3. The third-order valence-electron chi connectivity index (χ3n) is 4.78. The zero-order valence-electron chi connectivity index (χ0n) is 14.8. The Hall–Kier alpha value is -2.63. The molecule has 0 bridgehead atoms. The molecule has 0 amide bonds. The van der Waals surface area contributed by atoms with Crippen LogP contribution in [0.3, 0.4) is 0 Å². The fraction of sp³-hybridized carbons (Fsp3) is 0.182. The molecule has 0 saturated heterocycles. The minimum Gasteiger partial charge on any atom is -0.457 e. The van der Waals surface area contributed by atoms with Crippen molar-refractivity contribution in [3.63, 3.8) is 0 Å². The van der Waals surface area contributed by atoms with Gasteiger partial charge in [-0.1, -0.05) is 42.5 Å². The Bertz CT molecular complexity index is 1010. The van der Waals surface area contributed by atoms with Crippen molar-refractivity contribution < 1.29 is 13.2 Å². The average molecular weight is 379 g/mol. The monoisotopic (exact) mass is 379 g/mol. The molecule has 0 fully saturated rings. The van der Waals surface area contributed by atoms with E-state index in [1.165, 1.54) is 5.56 Å². The van der Waals surface area contributed by atoms with E-state index in [0.717, 1.165) is 24.8 Å². The van der Waals surface area contributed by atoms with Gasteiger partial charge in [0, 0.05) is 6.04 Å². The topological polar surface area (TPSA) is 55.4 Å². The number of sulfonamides is 1. The van der Waals surface area contributed by atoms with Crippen LogP contribution in [-0.2, 0) is 16.4 Å². The summed E-state index contributed by atoms with van der Waals surface area (Å²) in [5.41, 5.74) is 2.31. The maximum atomic E-state index is 12.8. The lowest BCUT2D eigenvalue weighted by molar-refractivity contribution is 0.482. The number of para-hydroxylation sites is 1. The smallest absolute Gasteiger partial charge is 0.241 e. The van der Waals surface area contributed by atoms with Crippen LogP contribution in [0.15, 0.2) is 83.8 Å². The molecule has 0 spiro atoms. The zero-order valence-corrected chi connectivity index (χ0v) is 15.7. The van der Waals surface area contributed by atoms with Gasteiger partial charge in [0.15, 0.2) is 0 Å². The van der Waals surface area contributed by atoms with Gasteiger partial charge in [0.05, 0.1) is 4.90 Å². The summed E-state index contributed by atoms with van der Waals surface area (Å²) in [6.07, 6.45) is 2.79. The molecule has 4 rings (SSSR count). The summed E-state index contributed by atoms with van der Waals surface area (Å²) in [5.74, 6) is 1.31. The van der Waals surface area contributed by atoms with Crippen molar-refractivity contribution in [2.45, 2.75) is 30.2 Å². The number of ether oxygens (including phenoxy) is 1. The number of aryl methyl sites for hydroxylation is 1. The molecular weight excluding hydrogens is 358 g/mol. The van der Waals surface area contributed by atoms with Crippen LogP contribution in [0.1, 0.15) is 30.0 Å². The molecule has 1 aliphatic carbocycles. The minimum absolute atomic E-state index is 0.180. The molecule has 1 atom stereocenters. The molecule has 0 aliphatic heterocycles. The first-order chi connectivity index (χ1) is 13.1. The van der Waals surface area contributed by atoms with E-state index >= 15 is 0 Å². The van der Waals surface area contributed by atoms with E-state index in [9.17, 15) is 8.42 Å². The van der Waals surface area contributed by atoms with Crippen LogP contribution in [0.4, 0.5) is 0 Å². The molecule has 0 aromatic heterocycles. The third kappa shape index (κ3) is 4.04. The molecule has 1 N–H and O–H groups in total. The lowest BCUT2D eigenvalue weighted by Crippen LogP contribution is -2.31. The Morgan fingerprint density at radius 3 is 2.26 bits per heavy atom. The predicted molar refractivity (Wildman–Crippen MR) is 105 cm³/mol. The quantitative estimate of drug-likeness (QED) is 0.690. The van der Waals surface area contributed by atoms with Crippen molar-refractivity contribution in [3.05, 3.63) is 90.0 Å². The van der Waals surface area contributed by atoms with Gasteiger partial charge in [0.2, 0.25) is 10.0 Å². The van der Waals surface area contributed by atoms with Crippen LogP contribution in [0.5, 0.6) is 11.5 Å². The van der Waals surface area contributed by atoms with Crippen LogP contribution >= 0.6 is 0 Å². The molecule has 1 aliphatic rings. The molecule has 0 unspecified atom stereocenters. The van der Waals surface area contributed by atoms with E-state index in [2.05, 4.69) is 10.8 Å². The Kier molecular flexibility index (Phi) is 4.97. The minimum atomic E-state index is -3.60. The highest BCUT2D eigenvalue weighted by molar-refractivity contribution is 7.89. The van der Waals surface area contributed by atoms with Gasteiger partial charge in [0.1, 0.15) is 11.5 Å². The first-order valence-corrected chi connectivity index (χ1v) is 10.5. The zero-order chi connectivity index (χ0) is 18.7. The molecule has 4 nitrogen and oxygen atoms in total. The van der Waals surface area contributed by atoms with Gasteiger partial charge in [0.25, 0.3) is 0 Å². The number of hydrogen-bond acceptors (Lipinski definition) is 3. The Morgan fingerprint density at radius 2 is 1.48 bits per heavy atom. The van der Waals surface area contributed by atoms with E-state index < -0.39 is 10.0 Å². The highest BCUT2D eigenvalue weighted by atomic mass is 32.2. The molecule has 27 heavy (non-hydrogen) atoms.